The van der Waals surface area contributed by atoms with Crippen molar-refractivity contribution in [3.63, 3.8) is 0 Å². The molecule has 5 rings (SSSR count). The van der Waals surface area contributed by atoms with Crippen molar-refractivity contribution in [2.75, 3.05) is 49.5 Å². The van der Waals surface area contributed by atoms with Crippen LogP contribution in [-0.2, 0) is 4.79 Å². The molecule has 0 spiro atoms. The Kier molecular flexibility index (Phi) is 7.63. The molecule has 2 aliphatic heterocycles. The summed E-state index contributed by atoms with van der Waals surface area (Å²) in [6, 6.07) is 22.6. The number of piperazine rings is 1. The van der Waals surface area contributed by atoms with Crippen LogP contribution in [0.4, 0.5) is 20.6 Å². The first-order valence-corrected chi connectivity index (χ1v) is 13.4. The number of amides is 3. The molecule has 2 heterocycles. The SMILES string of the molecule is Cc1ccc(NC(=O)N2C[C@@H](C(=O)N3CCN(c4ccccc4F)CC3)C[C@H](c3ccccc3)C2)cc1C. The van der Waals surface area contributed by atoms with Gasteiger partial charge in [-0.25, -0.2) is 9.18 Å². The second-order valence-electron chi connectivity index (χ2n) is 10.4. The zero-order valence-corrected chi connectivity index (χ0v) is 22.1. The number of hydrogen-bond donors (Lipinski definition) is 1. The topological polar surface area (TPSA) is 55.9 Å². The van der Waals surface area contributed by atoms with Crippen molar-refractivity contribution in [1.29, 1.82) is 0 Å². The van der Waals surface area contributed by atoms with E-state index >= 15 is 0 Å². The van der Waals surface area contributed by atoms with Gasteiger partial charge in [0.2, 0.25) is 5.91 Å². The molecule has 0 unspecified atom stereocenters. The number of rotatable bonds is 4. The third kappa shape index (κ3) is 5.67. The Hall–Kier alpha value is -3.87. The van der Waals surface area contributed by atoms with E-state index in [1.54, 1.807) is 17.0 Å². The average Bonchev–Trinajstić information content (AvgIpc) is 2.95. The molecule has 2 saturated heterocycles. The number of carbonyl (C=O) groups excluding carboxylic acids is 2. The molecule has 2 fully saturated rings. The lowest BCUT2D eigenvalue weighted by Crippen LogP contribution is -2.54. The Labute approximate surface area is 224 Å². The first kappa shape index (κ1) is 25.8. The highest BCUT2D eigenvalue weighted by Gasteiger charge is 2.37. The van der Waals surface area contributed by atoms with Gasteiger partial charge in [0.15, 0.2) is 0 Å². The van der Waals surface area contributed by atoms with Crippen LogP contribution < -0.4 is 10.2 Å². The van der Waals surface area contributed by atoms with Crippen molar-refractivity contribution in [2.24, 2.45) is 5.92 Å². The Morgan fingerprint density at radius 1 is 0.816 bits per heavy atom. The Morgan fingerprint density at radius 2 is 1.53 bits per heavy atom. The Morgan fingerprint density at radius 3 is 2.24 bits per heavy atom. The van der Waals surface area contributed by atoms with Crippen molar-refractivity contribution in [2.45, 2.75) is 26.2 Å². The number of nitrogens with one attached hydrogen (secondary N) is 1. The molecule has 2 aliphatic rings. The number of piperidine rings is 1. The van der Waals surface area contributed by atoms with Crippen LogP contribution in [0.5, 0.6) is 0 Å². The van der Waals surface area contributed by atoms with Crippen molar-refractivity contribution >= 4 is 23.3 Å². The van der Waals surface area contributed by atoms with E-state index in [0.29, 0.717) is 51.4 Å². The van der Waals surface area contributed by atoms with Gasteiger partial charge in [-0.1, -0.05) is 48.5 Å². The molecule has 0 saturated carbocycles. The monoisotopic (exact) mass is 514 g/mol. The van der Waals surface area contributed by atoms with Gasteiger partial charge in [0.1, 0.15) is 5.82 Å². The molecule has 0 aliphatic carbocycles. The van der Waals surface area contributed by atoms with Crippen LogP contribution >= 0.6 is 0 Å². The summed E-state index contributed by atoms with van der Waals surface area (Å²) in [7, 11) is 0. The second-order valence-corrected chi connectivity index (χ2v) is 10.4. The summed E-state index contributed by atoms with van der Waals surface area (Å²) >= 11 is 0. The molecule has 0 radical (unpaired) electrons. The minimum absolute atomic E-state index is 0.0720. The number of carbonyl (C=O) groups is 2. The third-order valence-electron chi connectivity index (χ3n) is 7.90. The minimum atomic E-state index is -0.292. The van der Waals surface area contributed by atoms with Crippen LogP contribution in [0.1, 0.15) is 29.0 Å². The van der Waals surface area contributed by atoms with E-state index in [-0.39, 0.29) is 29.6 Å². The number of halogens is 1. The first-order valence-electron chi connectivity index (χ1n) is 13.4. The van der Waals surface area contributed by atoms with Gasteiger partial charge in [-0.05, 0) is 61.2 Å². The maximum absolute atomic E-state index is 14.3. The largest absolute Gasteiger partial charge is 0.366 e. The average molecular weight is 515 g/mol. The fourth-order valence-electron chi connectivity index (χ4n) is 5.57. The second kappa shape index (κ2) is 11.3. The van der Waals surface area contributed by atoms with Gasteiger partial charge in [0.25, 0.3) is 0 Å². The molecular formula is C31H35FN4O2. The number of urea groups is 1. The van der Waals surface area contributed by atoms with Crippen LogP contribution in [0.2, 0.25) is 0 Å². The summed E-state index contributed by atoms with van der Waals surface area (Å²) in [5.74, 6) is -0.387. The molecule has 1 N–H and O–H groups in total. The Bertz CT molecular complexity index is 1290. The highest BCUT2D eigenvalue weighted by atomic mass is 19.1. The molecule has 2 atom stereocenters. The molecular weight excluding hydrogens is 479 g/mol. The summed E-state index contributed by atoms with van der Waals surface area (Å²) in [5, 5.41) is 3.04. The Balaban J connectivity index is 1.29. The van der Waals surface area contributed by atoms with Gasteiger partial charge in [-0.2, -0.15) is 0 Å². The summed E-state index contributed by atoms with van der Waals surface area (Å²) in [6.07, 6.45) is 0.698. The van der Waals surface area contributed by atoms with Gasteiger partial charge in [-0.3, -0.25) is 4.79 Å². The highest BCUT2D eigenvalue weighted by Crippen LogP contribution is 2.32. The van der Waals surface area contributed by atoms with Gasteiger partial charge < -0.3 is 20.0 Å². The molecule has 198 valence electrons. The van der Waals surface area contributed by atoms with Gasteiger partial charge in [-0.15, -0.1) is 0 Å². The van der Waals surface area contributed by atoms with E-state index in [9.17, 15) is 14.0 Å². The molecule has 6 nitrogen and oxygen atoms in total. The number of anilines is 2. The van der Waals surface area contributed by atoms with E-state index in [1.165, 1.54) is 11.6 Å². The maximum atomic E-state index is 14.3. The highest BCUT2D eigenvalue weighted by molar-refractivity contribution is 5.90. The first-order chi connectivity index (χ1) is 18.4. The van der Waals surface area contributed by atoms with Gasteiger partial charge in [0, 0.05) is 50.9 Å². The standard InChI is InChI=1S/C31H35FN4O2/c1-22-12-13-27(18-23(22)2)33-31(38)36-20-25(24-8-4-3-5-9-24)19-26(21-36)30(37)35-16-14-34(15-17-35)29-11-7-6-10-28(29)32/h3-13,18,25-26H,14-17,19-21H2,1-2H3,(H,33,38)/t25-,26-/m0/s1. The van der Waals surface area contributed by atoms with E-state index in [4.69, 9.17) is 0 Å². The summed E-state index contributed by atoms with van der Waals surface area (Å²) in [4.78, 5) is 32.8. The van der Waals surface area contributed by atoms with E-state index in [2.05, 4.69) is 17.4 Å². The number of nitrogens with zero attached hydrogens (tertiary/aromatic N) is 3. The molecule has 3 amide bonds. The maximum Gasteiger partial charge on any atom is 0.321 e. The predicted molar refractivity (Wildman–Crippen MR) is 149 cm³/mol. The lowest BCUT2D eigenvalue weighted by molar-refractivity contribution is -0.137. The molecule has 38 heavy (non-hydrogen) atoms. The molecule has 0 bridgehead atoms. The fourth-order valence-corrected chi connectivity index (χ4v) is 5.57. The van der Waals surface area contributed by atoms with Crippen molar-refractivity contribution in [3.8, 4) is 0 Å². The van der Waals surface area contributed by atoms with Crippen LogP contribution in [0.15, 0.2) is 72.8 Å². The summed E-state index contributed by atoms with van der Waals surface area (Å²) in [6.45, 7) is 7.25. The number of aryl methyl sites for hydroxylation is 2. The van der Waals surface area contributed by atoms with Crippen molar-refractivity contribution < 1.29 is 14.0 Å². The van der Waals surface area contributed by atoms with E-state index in [1.807, 2.05) is 66.1 Å². The number of para-hydroxylation sites is 1. The minimum Gasteiger partial charge on any atom is -0.366 e. The zero-order valence-electron chi connectivity index (χ0n) is 22.1. The third-order valence-corrected chi connectivity index (χ3v) is 7.90. The summed E-state index contributed by atoms with van der Waals surface area (Å²) in [5.41, 5.74) is 4.76. The van der Waals surface area contributed by atoms with Crippen molar-refractivity contribution in [3.05, 3.63) is 95.3 Å². The molecule has 3 aromatic carbocycles. The van der Waals surface area contributed by atoms with Crippen LogP contribution in [0.3, 0.4) is 0 Å². The molecule has 7 heteroatoms. The van der Waals surface area contributed by atoms with Gasteiger partial charge in [0.05, 0.1) is 11.6 Å². The van der Waals surface area contributed by atoms with Crippen LogP contribution in [0.25, 0.3) is 0 Å². The lowest BCUT2D eigenvalue weighted by atomic mass is 9.84. The molecule has 0 aromatic heterocycles. The van der Waals surface area contributed by atoms with Crippen LogP contribution in [0, 0.1) is 25.6 Å². The van der Waals surface area contributed by atoms with Crippen molar-refractivity contribution in [1.82, 2.24) is 9.80 Å². The fraction of sp³-hybridized carbons (Fsp3) is 0.355. The van der Waals surface area contributed by atoms with E-state index < -0.39 is 0 Å². The number of benzene rings is 3. The smallest absolute Gasteiger partial charge is 0.321 e. The zero-order chi connectivity index (χ0) is 26.6. The lowest BCUT2D eigenvalue weighted by Gasteiger charge is -2.41. The van der Waals surface area contributed by atoms with Gasteiger partial charge >= 0.3 is 6.03 Å². The normalized spacial score (nSPS) is 19.8. The molecule has 3 aromatic rings. The summed E-state index contributed by atoms with van der Waals surface area (Å²) < 4.78 is 14.3. The number of likely N-dealkylation sites (tertiary alicyclic amines) is 1. The van der Waals surface area contributed by atoms with Crippen LogP contribution in [-0.4, -0.2) is 61.0 Å². The number of hydrogen-bond acceptors (Lipinski definition) is 3. The quantitative estimate of drug-likeness (QED) is 0.505. The van der Waals surface area contributed by atoms with E-state index in [0.717, 1.165) is 16.8 Å². The predicted octanol–water partition coefficient (Wildman–Crippen LogP) is 5.43.